The highest BCUT2D eigenvalue weighted by atomic mass is 35.5. The molecule has 10 heteroatoms. The first kappa shape index (κ1) is 27.9. The van der Waals surface area contributed by atoms with Crippen LogP contribution < -0.4 is 10.0 Å². The molecule has 1 atom stereocenters. The zero-order valence-electron chi connectivity index (χ0n) is 19.9. The molecule has 0 radical (unpaired) electrons. The zero-order chi connectivity index (χ0) is 26.8. The van der Waals surface area contributed by atoms with Crippen LogP contribution in [-0.4, -0.2) is 37.3 Å². The highest BCUT2D eigenvalue weighted by Crippen LogP contribution is 2.23. The van der Waals surface area contributed by atoms with E-state index in [2.05, 4.69) is 10.0 Å². The summed E-state index contributed by atoms with van der Waals surface area (Å²) in [7, 11) is -3.94. The van der Waals surface area contributed by atoms with Gasteiger partial charge in [-0.15, -0.1) is 0 Å². The summed E-state index contributed by atoms with van der Waals surface area (Å²) in [6.07, 6.45) is -0.679. The van der Waals surface area contributed by atoms with Crippen molar-refractivity contribution in [3.63, 3.8) is 0 Å². The minimum atomic E-state index is -3.94. The summed E-state index contributed by atoms with van der Waals surface area (Å²) < 4.78 is 27.0. The number of halogens is 1. The van der Waals surface area contributed by atoms with Gasteiger partial charge in [-0.1, -0.05) is 78.3 Å². The molecule has 0 aliphatic carbocycles. The van der Waals surface area contributed by atoms with Crippen molar-refractivity contribution >= 4 is 39.4 Å². The molecule has 0 aliphatic rings. The third-order valence-electron chi connectivity index (χ3n) is 5.43. The van der Waals surface area contributed by atoms with Crippen molar-refractivity contribution < 1.29 is 27.9 Å². The molecule has 0 spiro atoms. The largest absolute Gasteiger partial charge is 0.481 e. The summed E-state index contributed by atoms with van der Waals surface area (Å²) in [6.45, 7) is 0. The van der Waals surface area contributed by atoms with E-state index in [1.165, 1.54) is 0 Å². The van der Waals surface area contributed by atoms with E-state index in [-0.39, 0.29) is 31.4 Å². The maximum Gasteiger partial charge on any atom is 0.303 e. The van der Waals surface area contributed by atoms with Crippen LogP contribution in [0.15, 0.2) is 78.9 Å². The number of sulfonamides is 1. The zero-order valence-corrected chi connectivity index (χ0v) is 21.5. The third kappa shape index (κ3) is 9.70. The number of carbonyl (C=O) groups excluding carboxylic acids is 2. The maximum atomic E-state index is 12.6. The second-order valence-electron chi connectivity index (χ2n) is 8.54. The van der Waals surface area contributed by atoms with E-state index in [0.29, 0.717) is 10.6 Å². The third-order valence-corrected chi connectivity index (χ3v) is 6.91. The fourth-order valence-corrected chi connectivity index (χ4v) is 5.07. The lowest BCUT2D eigenvalue weighted by Gasteiger charge is -2.19. The lowest BCUT2D eigenvalue weighted by molar-refractivity contribution is -0.139. The Balaban J connectivity index is 1.69. The minimum Gasteiger partial charge on any atom is -0.481 e. The molecule has 0 saturated carbocycles. The molecular formula is C27H27ClN2O6S. The molecule has 3 N–H and O–H groups in total. The molecule has 0 unspecified atom stereocenters. The molecule has 0 fully saturated rings. The Hall–Kier alpha value is -3.69. The first-order valence-electron chi connectivity index (χ1n) is 11.5. The number of carboxylic acids is 1. The number of aliphatic carboxylic acids is 1. The Labute approximate surface area is 220 Å². The minimum absolute atomic E-state index is 0.237. The lowest BCUT2D eigenvalue weighted by Crippen LogP contribution is -2.42. The summed E-state index contributed by atoms with van der Waals surface area (Å²) in [6, 6.07) is 22.5. The standard InChI is InChI=1S/C27H27ClN2O6S/c28-23-8-4-7-22(16-23)21-11-9-19(10-12-21)15-24(29-25(31)13-14-27(33)34)17-26(32)30-37(35,36)18-20-5-2-1-3-6-20/h1-12,16,24H,13-15,17-18H2,(H,29,31)(H,30,32)(H,33,34)/t24-/m1/s1. The molecular weight excluding hydrogens is 516 g/mol. The number of hydrogen-bond acceptors (Lipinski definition) is 5. The molecule has 37 heavy (non-hydrogen) atoms. The summed E-state index contributed by atoms with van der Waals surface area (Å²) in [5.41, 5.74) is 3.19. The Morgan fingerprint density at radius 2 is 1.51 bits per heavy atom. The van der Waals surface area contributed by atoms with Gasteiger partial charge in [0, 0.05) is 23.9 Å². The molecule has 0 aliphatic heterocycles. The normalized spacial score (nSPS) is 11.9. The van der Waals surface area contributed by atoms with E-state index in [1.807, 2.05) is 42.5 Å². The van der Waals surface area contributed by atoms with Gasteiger partial charge in [-0.3, -0.25) is 19.1 Å². The molecule has 3 aromatic rings. The van der Waals surface area contributed by atoms with Crippen LogP contribution >= 0.6 is 11.6 Å². The number of carbonyl (C=O) groups is 3. The van der Waals surface area contributed by atoms with Crippen molar-refractivity contribution in [2.75, 3.05) is 0 Å². The van der Waals surface area contributed by atoms with E-state index in [9.17, 15) is 22.8 Å². The van der Waals surface area contributed by atoms with Crippen LogP contribution in [0.1, 0.15) is 30.4 Å². The monoisotopic (exact) mass is 542 g/mol. The number of amides is 2. The lowest BCUT2D eigenvalue weighted by atomic mass is 9.99. The summed E-state index contributed by atoms with van der Waals surface area (Å²) >= 11 is 6.07. The van der Waals surface area contributed by atoms with Crippen LogP contribution in [0.2, 0.25) is 5.02 Å². The molecule has 8 nitrogen and oxygen atoms in total. The van der Waals surface area contributed by atoms with Crippen LogP contribution in [-0.2, 0) is 36.6 Å². The Morgan fingerprint density at radius 3 is 2.16 bits per heavy atom. The predicted molar refractivity (Wildman–Crippen MR) is 141 cm³/mol. The Bertz CT molecular complexity index is 1340. The number of benzene rings is 3. The summed E-state index contributed by atoms with van der Waals surface area (Å²) in [4.78, 5) is 35.7. The highest BCUT2D eigenvalue weighted by molar-refractivity contribution is 7.89. The van der Waals surface area contributed by atoms with Gasteiger partial charge in [0.15, 0.2) is 0 Å². The fraction of sp³-hybridized carbons (Fsp3) is 0.222. The van der Waals surface area contributed by atoms with Crippen LogP contribution in [0.5, 0.6) is 0 Å². The number of carboxylic acid groups (broad SMARTS) is 1. The average molecular weight is 543 g/mol. The smallest absolute Gasteiger partial charge is 0.303 e. The van der Waals surface area contributed by atoms with Gasteiger partial charge in [0.2, 0.25) is 21.8 Å². The van der Waals surface area contributed by atoms with E-state index in [0.717, 1.165) is 16.7 Å². The number of rotatable bonds is 12. The van der Waals surface area contributed by atoms with Crippen molar-refractivity contribution in [3.8, 4) is 11.1 Å². The van der Waals surface area contributed by atoms with Crippen LogP contribution in [0.4, 0.5) is 0 Å². The number of hydrogen-bond donors (Lipinski definition) is 3. The van der Waals surface area contributed by atoms with Gasteiger partial charge in [-0.05, 0) is 40.8 Å². The Kier molecular flexibility index (Phi) is 9.82. The van der Waals surface area contributed by atoms with Gasteiger partial charge in [0.25, 0.3) is 0 Å². The second-order valence-corrected chi connectivity index (χ2v) is 10.7. The second kappa shape index (κ2) is 13.0. The highest BCUT2D eigenvalue weighted by Gasteiger charge is 2.21. The summed E-state index contributed by atoms with van der Waals surface area (Å²) in [5.74, 6) is -2.79. The van der Waals surface area contributed by atoms with E-state index in [1.54, 1.807) is 36.4 Å². The van der Waals surface area contributed by atoms with Crippen LogP contribution in [0, 0.1) is 0 Å². The van der Waals surface area contributed by atoms with Crippen molar-refractivity contribution in [3.05, 3.63) is 95.0 Å². The molecule has 3 rings (SSSR count). The van der Waals surface area contributed by atoms with E-state index in [4.69, 9.17) is 16.7 Å². The maximum absolute atomic E-state index is 12.6. The van der Waals surface area contributed by atoms with Crippen molar-refractivity contribution in [2.24, 2.45) is 0 Å². The molecule has 2 amide bonds. The van der Waals surface area contributed by atoms with Crippen LogP contribution in [0.3, 0.4) is 0 Å². The van der Waals surface area contributed by atoms with Gasteiger partial charge >= 0.3 is 5.97 Å². The first-order valence-corrected chi connectivity index (χ1v) is 13.6. The molecule has 0 aromatic heterocycles. The topological polar surface area (TPSA) is 130 Å². The fourth-order valence-electron chi connectivity index (χ4n) is 3.75. The predicted octanol–water partition coefficient (Wildman–Crippen LogP) is 3.94. The van der Waals surface area contributed by atoms with Gasteiger partial charge in [-0.2, -0.15) is 0 Å². The molecule has 0 heterocycles. The van der Waals surface area contributed by atoms with E-state index < -0.39 is 33.8 Å². The van der Waals surface area contributed by atoms with Crippen molar-refractivity contribution in [1.29, 1.82) is 0 Å². The van der Waals surface area contributed by atoms with Gasteiger partial charge in [0.1, 0.15) is 0 Å². The van der Waals surface area contributed by atoms with Gasteiger partial charge in [-0.25, -0.2) is 8.42 Å². The molecule has 0 saturated heterocycles. The van der Waals surface area contributed by atoms with Crippen molar-refractivity contribution in [2.45, 2.75) is 37.5 Å². The van der Waals surface area contributed by atoms with Gasteiger partial charge < -0.3 is 10.4 Å². The average Bonchev–Trinajstić information content (AvgIpc) is 2.83. The summed E-state index contributed by atoms with van der Waals surface area (Å²) in [5, 5.41) is 12.1. The van der Waals surface area contributed by atoms with Gasteiger partial charge in [0.05, 0.1) is 12.2 Å². The van der Waals surface area contributed by atoms with Crippen LogP contribution in [0.25, 0.3) is 11.1 Å². The SMILES string of the molecule is O=C(O)CCC(=O)N[C@@H](CC(=O)NS(=O)(=O)Cc1ccccc1)Cc1ccc(-c2cccc(Cl)c2)cc1. The number of nitrogens with one attached hydrogen (secondary N) is 2. The first-order chi connectivity index (χ1) is 17.6. The Morgan fingerprint density at radius 1 is 0.811 bits per heavy atom. The molecule has 0 bridgehead atoms. The van der Waals surface area contributed by atoms with Crippen molar-refractivity contribution in [1.82, 2.24) is 10.0 Å². The van der Waals surface area contributed by atoms with E-state index >= 15 is 0 Å². The molecule has 3 aromatic carbocycles. The quantitative estimate of drug-likeness (QED) is 0.318. The molecule has 194 valence electrons.